The molecule has 0 bridgehead atoms. The van der Waals surface area contributed by atoms with E-state index >= 15 is 0 Å². The van der Waals surface area contributed by atoms with Gasteiger partial charge in [0.05, 0.1) is 36.9 Å². The first-order valence-corrected chi connectivity index (χ1v) is 8.55. The van der Waals surface area contributed by atoms with E-state index in [1.807, 2.05) is 49.4 Å². The first-order valence-electron chi connectivity index (χ1n) is 8.55. The summed E-state index contributed by atoms with van der Waals surface area (Å²) in [6.07, 6.45) is 0. The maximum atomic E-state index is 13.1. The van der Waals surface area contributed by atoms with Gasteiger partial charge in [-0.3, -0.25) is 9.36 Å². The molecule has 0 aliphatic carbocycles. The molecular formula is C20H22N2O4. The molecule has 0 atom stereocenters. The topological polar surface area (TPSA) is 62.6 Å². The Hall–Kier alpha value is -2.70. The van der Waals surface area contributed by atoms with E-state index in [9.17, 15) is 4.79 Å². The summed E-state index contributed by atoms with van der Waals surface area (Å²) >= 11 is 0. The molecule has 0 unspecified atom stereocenters. The monoisotopic (exact) mass is 354 g/mol. The Morgan fingerprint density at radius 2 is 1.73 bits per heavy atom. The van der Waals surface area contributed by atoms with Gasteiger partial charge in [-0.25, -0.2) is 4.98 Å². The standard InChI is InChI=1S/C20H22N2O4/c1-3-25-12-13-26-14-19-21-16-9-5-4-8-15(16)20(23)22(19)17-10-6-7-11-18(17)24-2/h4-11H,3,12-14H2,1-2H3. The van der Waals surface area contributed by atoms with Crippen molar-refractivity contribution in [3.63, 3.8) is 0 Å². The quantitative estimate of drug-likeness (QED) is 0.582. The van der Waals surface area contributed by atoms with Gasteiger partial charge >= 0.3 is 0 Å². The Labute approximate surface area is 152 Å². The lowest BCUT2D eigenvalue weighted by Crippen LogP contribution is -2.25. The summed E-state index contributed by atoms with van der Waals surface area (Å²) in [6, 6.07) is 14.7. The molecule has 3 rings (SSSR count). The maximum absolute atomic E-state index is 13.1. The highest BCUT2D eigenvalue weighted by atomic mass is 16.5. The molecule has 0 saturated carbocycles. The van der Waals surface area contributed by atoms with Crippen LogP contribution >= 0.6 is 0 Å². The normalized spacial score (nSPS) is 11.0. The predicted octanol–water partition coefficient (Wildman–Crippen LogP) is 2.95. The molecule has 0 saturated heterocycles. The van der Waals surface area contributed by atoms with Crippen LogP contribution in [0.1, 0.15) is 12.7 Å². The molecule has 0 radical (unpaired) electrons. The first-order chi connectivity index (χ1) is 12.8. The zero-order chi connectivity index (χ0) is 18.4. The van der Waals surface area contributed by atoms with E-state index < -0.39 is 0 Å². The molecule has 1 aromatic heterocycles. The average Bonchev–Trinajstić information content (AvgIpc) is 2.68. The van der Waals surface area contributed by atoms with Crippen LogP contribution in [0.15, 0.2) is 53.3 Å². The van der Waals surface area contributed by atoms with Gasteiger partial charge in [-0.15, -0.1) is 0 Å². The second kappa shape index (κ2) is 8.60. The first kappa shape index (κ1) is 18.1. The zero-order valence-electron chi connectivity index (χ0n) is 15.0. The molecule has 1 heterocycles. The minimum atomic E-state index is -0.150. The number of methoxy groups -OCH3 is 1. The van der Waals surface area contributed by atoms with Crippen molar-refractivity contribution >= 4 is 10.9 Å². The molecule has 2 aromatic carbocycles. The van der Waals surface area contributed by atoms with Crippen LogP contribution in [0.25, 0.3) is 16.6 Å². The minimum absolute atomic E-state index is 0.150. The molecule has 6 heteroatoms. The highest BCUT2D eigenvalue weighted by molar-refractivity contribution is 5.78. The SMILES string of the molecule is CCOCCOCc1nc2ccccc2c(=O)n1-c1ccccc1OC. The van der Waals surface area contributed by atoms with Gasteiger partial charge in [0.15, 0.2) is 0 Å². The molecule has 0 spiro atoms. The zero-order valence-corrected chi connectivity index (χ0v) is 15.0. The van der Waals surface area contributed by atoms with Crippen molar-refractivity contribution in [2.75, 3.05) is 26.9 Å². The Morgan fingerprint density at radius 1 is 1.00 bits per heavy atom. The van der Waals surface area contributed by atoms with E-state index in [0.717, 1.165) is 0 Å². The highest BCUT2D eigenvalue weighted by Crippen LogP contribution is 2.23. The van der Waals surface area contributed by atoms with Crippen molar-refractivity contribution in [1.82, 2.24) is 9.55 Å². The molecule has 26 heavy (non-hydrogen) atoms. The van der Waals surface area contributed by atoms with Crippen molar-refractivity contribution in [1.29, 1.82) is 0 Å². The fraction of sp³-hybridized carbons (Fsp3) is 0.300. The van der Waals surface area contributed by atoms with Gasteiger partial charge in [-0.2, -0.15) is 0 Å². The average molecular weight is 354 g/mol. The number of aromatic nitrogens is 2. The lowest BCUT2D eigenvalue weighted by molar-refractivity contribution is 0.0421. The van der Waals surface area contributed by atoms with E-state index in [4.69, 9.17) is 14.2 Å². The van der Waals surface area contributed by atoms with Crippen LogP contribution in [-0.4, -0.2) is 36.5 Å². The van der Waals surface area contributed by atoms with Crippen molar-refractivity contribution in [2.45, 2.75) is 13.5 Å². The van der Waals surface area contributed by atoms with Crippen molar-refractivity contribution in [2.24, 2.45) is 0 Å². The number of para-hydroxylation sites is 3. The molecule has 3 aromatic rings. The number of hydrogen-bond donors (Lipinski definition) is 0. The van der Waals surface area contributed by atoms with Gasteiger partial charge in [-0.05, 0) is 31.2 Å². The van der Waals surface area contributed by atoms with Crippen LogP contribution in [0.2, 0.25) is 0 Å². The molecule has 0 N–H and O–H groups in total. The summed E-state index contributed by atoms with van der Waals surface area (Å²) in [6.45, 7) is 3.71. The summed E-state index contributed by atoms with van der Waals surface area (Å²) in [4.78, 5) is 17.8. The summed E-state index contributed by atoms with van der Waals surface area (Å²) in [5.74, 6) is 1.12. The lowest BCUT2D eigenvalue weighted by atomic mass is 10.2. The third kappa shape index (κ3) is 3.76. The maximum Gasteiger partial charge on any atom is 0.266 e. The van der Waals surface area contributed by atoms with Crippen molar-refractivity contribution < 1.29 is 14.2 Å². The Kier molecular flexibility index (Phi) is 5.99. The van der Waals surface area contributed by atoms with Gasteiger partial charge < -0.3 is 14.2 Å². The van der Waals surface area contributed by atoms with E-state index in [2.05, 4.69) is 4.98 Å². The molecular weight excluding hydrogens is 332 g/mol. The van der Waals surface area contributed by atoms with Crippen LogP contribution < -0.4 is 10.3 Å². The van der Waals surface area contributed by atoms with E-state index in [-0.39, 0.29) is 12.2 Å². The number of benzene rings is 2. The second-order valence-electron chi connectivity index (χ2n) is 5.61. The number of rotatable bonds is 8. The van der Waals surface area contributed by atoms with Crippen LogP contribution in [0, 0.1) is 0 Å². The summed E-state index contributed by atoms with van der Waals surface area (Å²) < 4.78 is 17.9. The van der Waals surface area contributed by atoms with Crippen molar-refractivity contribution in [3.05, 3.63) is 64.7 Å². The fourth-order valence-corrected chi connectivity index (χ4v) is 2.76. The second-order valence-corrected chi connectivity index (χ2v) is 5.61. The fourth-order valence-electron chi connectivity index (χ4n) is 2.76. The molecule has 6 nitrogen and oxygen atoms in total. The van der Waals surface area contributed by atoms with Gasteiger partial charge in [0, 0.05) is 6.61 Å². The lowest BCUT2D eigenvalue weighted by Gasteiger charge is -2.16. The number of ether oxygens (including phenoxy) is 3. The van der Waals surface area contributed by atoms with E-state index in [1.165, 1.54) is 0 Å². The number of hydrogen-bond acceptors (Lipinski definition) is 5. The van der Waals surface area contributed by atoms with Gasteiger partial charge in [0.2, 0.25) is 0 Å². The Bertz CT molecular complexity index is 936. The summed E-state index contributed by atoms with van der Waals surface area (Å²) in [5, 5.41) is 0.552. The minimum Gasteiger partial charge on any atom is -0.495 e. The van der Waals surface area contributed by atoms with Crippen LogP contribution in [-0.2, 0) is 16.1 Å². The largest absolute Gasteiger partial charge is 0.495 e. The Morgan fingerprint density at radius 3 is 2.54 bits per heavy atom. The summed E-state index contributed by atoms with van der Waals surface area (Å²) in [7, 11) is 1.58. The Balaban J connectivity index is 2.07. The van der Waals surface area contributed by atoms with Crippen LogP contribution in [0.5, 0.6) is 5.75 Å². The third-order valence-corrected chi connectivity index (χ3v) is 3.98. The predicted molar refractivity (Wildman–Crippen MR) is 100 cm³/mol. The molecule has 0 fully saturated rings. The molecule has 0 amide bonds. The third-order valence-electron chi connectivity index (χ3n) is 3.98. The van der Waals surface area contributed by atoms with Gasteiger partial charge in [-0.1, -0.05) is 24.3 Å². The molecule has 0 aliphatic heterocycles. The summed E-state index contributed by atoms with van der Waals surface area (Å²) in [5.41, 5.74) is 1.14. The van der Waals surface area contributed by atoms with Gasteiger partial charge in [0.25, 0.3) is 5.56 Å². The van der Waals surface area contributed by atoms with E-state index in [1.54, 1.807) is 17.7 Å². The van der Waals surface area contributed by atoms with Crippen molar-refractivity contribution in [3.8, 4) is 11.4 Å². The highest BCUT2D eigenvalue weighted by Gasteiger charge is 2.15. The van der Waals surface area contributed by atoms with Crippen LogP contribution in [0.4, 0.5) is 0 Å². The smallest absolute Gasteiger partial charge is 0.266 e. The molecule has 0 aliphatic rings. The number of fused-ring (bicyclic) bond motifs is 1. The van der Waals surface area contributed by atoms with Crippen LogP contribution in [0.3, 0.4) is 0 Å². The van der Waals surface area contributed by atoms with Gasteiger partial charge in [0.1, 0.15) is 18.2 Å². The van der Waals surface area contributed by atoms with E-state index in [0.29, 0.717) is 48.0 Å². The number of nitrogens with zero attached hydrogens (tertiary/aromatic N) is 2. The molecule has 136 valence electrons.